The molecule has 2 amide bonds. The maximum absolute atomic E-state index is 13.3. The van der Waals surface area contributed by atoms with Gasteiger partial charge >= 0.3 is 6.09 Å². The highest BCUT2D eigenvalue weighted by Gasteiger charge is 2.18. The van der Waals surface area contributed by atoms with Crippen LogP contribution in [-0.2, 0) is 17.7 Å². The van der Waals surface area contributed by atoms with Gasteiger partial charge in [-0.05, 0) is 62.6 Å². The Hall–Kier alpha value is -3.60. The molecule has 3 aromatic carbocycles. The van der Waals surface area contributed by atoms with Crippen molar-refractivity contribution in [3.63, 3.8) is 0 Å². The van der Waals surface area contributed by atoms with E-state index < -0.39 is 11.7 Å². The lowest BCUT2D eigenvalue weighted by Gasteiger charge is -2.23. The molecule has 0 saturated carbocycles. The molecule has 32 heavy (non-hydrogen) atoms. The molecule has 3 aromatic rings. The van der Waals surface area contributed by atoms with Crippen LogP contribution in [0.2, 0.25) is 0 Å². The highest BCUT2D eigenvalue weighted by atomic mass is 16.6. The van der Waals surface area contributed by atoms with E-state index in [-0.39, 0.29) is 5.91 Å². The zero-order valence-electron chi connectivity index (χ0n) is 18.9. The Labute approximate surface area is 190 Å². The van der Waals surface area contributed by atoms with Gasteiger partial charge in [-0.3, -0.25) is 10.1 Å². The number of ether oxygens (including phenoxy) is 1. The Kier molecular flexibility index (Phi) is 7.66. The van der Waals surface area contributed by atoms with Crippen LogP contribution in [0.15, 0.2) is 84.9 Å². The number of nitrogens with zero attached hydrogens (tertiary/aromatic N) is 1. The molecule has 0 aliphatic heterocycles. The number of amides is 2. The zero-order valence-corrected chi connectivity index (χ0v) is 18.9. The molecule has 0 aromatic heterocycles. The van der Waals surface area contributed by atoms with Crippen LogP contribution in [0.25, 0.3) is 0 Å². The Balaban J connectivity index is 1.70. The van der Waals surface area contributed by atoms with Gasteiger partial charge in [-0.1, -0.05) is 60.7 Å². The number of carbonyl (C=O) groups is 2. The van der Waals surface area contributed by atoms with Crippen LogP contribution in [-0.4, -0.2) is 29.0 Å². The maximum atomic E-state index is 13.3. The van der Waals surface area contributed by atoms with Crippen LogP contribution in [0.1, 0.15) is 42.3 Å². The van der Waals surface area contributed by atoms with Crippen LogP contribution in [0, 0.1) is 0 Å². The summed E-state index contributed by atoms with van der Waals surface area (Å²) in [6, 6.07) is 27.0. The van der Waals surface area contributed by atoms with Gasteiger partial charge in [0.2, 0.25) is 0 Å². The minimum Gasteiger partial charge on any atom is -0.444 e. The number of nitrogens with one attached hydrogen (secondary N) is 1. The van der Waals surface area contributed by atoms with Crippen molar-refractivity contribution in [3.05, 3.63) is 102 Å². The first kappa shape index (κ1) is 23.1. The fourth-order valence-electron chi connectivity index (χ4n) is 3.27. The van der Waals surface area contributed by atoms with Crippen molar-refractivity contribution in [1.29, 1.82) is 0 Å². The van der Waals surface area contributed by atoms with Gasteiger partial charge in [0, 0.05) is 24.3 Å². The van der Waals surface area contributed by atoms with E-state index in [0.717, 1.165) is 12.0 Å². The van der Waals surface area contributed by atoms with Gasteiger partial charge in [0.25, 0.3) is 5.91 Å². The third-order valence-corrected chi connectivity index (χ3v) is 4.79. The molecule has 0 unspecified atom stereocenters. The van der Waals surface area contributed by atoms with Crippen LogP contribution < -0.4 is 5.32 Å². The second-order valence-corrected chi connectivity index (χ2v) is 8.65. The summed E-state index contributed by atoms with van der Waals surface area (Å²) in [7, 11) is 0. The molecule has 0 saturated heterocycles. The summed E-state index contributed by atoms with van der Waals surface area (Å²) < 4.78 is 5.27. The van der Waals surface area contributed by atoms with E-state index in [4.69, 9.17) is 4.74 Å². The van der Waals surface area contributed by atoms with E-state index in [2.05, 4.69) is 17.4 Å². The summed E-state index contributed by atoms with van der Waals surface area (Å²) in [6.45, 7) is 6.57. The minimum absolute atomic E-state index is 0.0476. The SMILES string of the molecule is CC(C)(C)OC(=O)Nc1ccc(C(=O)N(CCc2ccccc2)Cc2ccccc2)cc1. The fourth-order valence-corrected chi connectivity index (χ4v) is 3.27. The van der Waals surface area contributed by atoms with E-state index >= 15 is 0 Å². The van der Waals surface area contributed by atoms with Crippen molar-refractivity contribution in [2.24, 2.45) is 0 Å². The monoisotopic (exact) mass is 430 g/mol. The Morgan fingerprint density at radius 3 is 1.94 bits per heavy atom. The van der Waals surface area contributed by atoms with E-state index in [1.54, 1.807) is 24.3 Å². The van der Waals surface area contributed by atoms with Gasteiger partial charge in [-0.2, -0.15) is 0 Å². The molecule has 5 heteroatoms. The fraction of sp³-hybridized carbons (Fsp3) is 0.259. The molecule has 0 fully saturated rings. The Morgan fingerprint density at radius 2 is 1.38 bits per heavy atom. The van der Waals surface area contributed by atoms with E-state index in [0.29, 0.717) is 24.3 Å². The molecule has 0 bridgehead atoms. The van der Waals surface area contributed by atoms with Gasteiger partial charge < -0.3 is 9.64 Å². The molecule has 0 radical (unpaired) electrons. The van der Waals surface area contributed by atoms with E-state index in [9.17, 15) is 9.59 Å². The lowest BCUT2D eigenvalue weighted by Crippen LogP contribution is -2.32. The first-order valence-corrected chi connectivity index (χ1v) is 10.8. The lowest BCUT2D eigenvalue weighted by molar-refractivity contribution is 0.0635. The van der Waals surface area contributed by atoms with Crippen molar-refractivity contribution >= 4 is 17.7 Å². The van der Waals surface area contributed by atoms with Gasteiger partial charge in [0.1, 0.15) is 5.60 Å². The smallest absolute Gasteiger partial charge is 0.412 e. The second kappa shape index (κ2) is 10.6. The summed E-state index contributed by atoms with van der Waals surface area (Å²) in [4.78, 5) is 27.1. The first-order valence-electron chi connectivity index (χ1n) is 10.8. The zero-order chi connectivity index (χ0) is 23.0. The molecule has 5 nitrogen and oxygen atoms in total. The highest BCUT2D eigenvalue weighted by molar-refractivity contribution is 5.95. The predicted octanol–water partition coefficient (Wildman–Crippen LogP) is 5.92. The van der Waals surface area contributed by atoms with Gasteiger partial charge in [0.15, 0.2) is 0 Å². The number of rotatable bonds is 7. The predicted molar refractivity (Wildman–Crippen MR) is 128 cm³/mol. The number of hydrogen-bond donors (Lipinski definition) is 1. The topological polar surface area (TPSA) is 58.6 Å². The van der Waals surface area contributed by atoms with Crippen LogP contribution >= 0.6 is 0 Å². The summed E-state index contributed by atoms with van der Waals surface area (Å²) in [5, 5.41) is 2.69. The average molecular weight is 431 g/mol. The van der Waals surface area contributed by atoms with Crippen LogP contribution in [0.4, 0.5) is 10.5 Å². The van der Waals surface area contributed by atoms with Gasteiger partial charge in [-0.25, -0.2) is 4.79 Å². The molecule has 0 spiro atoms. The lowest BCUT2D eigenvalue weighted by atomic mass is 10.1. The highest BCUT2D eigenvalue weighted by Crippen LogP contribution is 2.16. The van der Waals surface area contributed by atoms with Crippen molar-refractivity contribution in [2.45, 2.75) is 39.3 Å². The molecule has 0 aliphatic carbocycles. The molecular weight excluding hydrogens is 400 g/mol. The summed E-state index contributed by atoms with van der Waals surface area (Å²) in [6.07, 6.45) is 0.252. The van der Waals surface area contributed by atoms with Crippen molar-refractivity contribution in [1.82, 2.24) is 4.90 Å². The van der Waals surface area contributed by atoms with Crippen LogP contribution in [0.3, 0.4) is 0 Å². The molecule has 0 atom stereocenters. The number of benzene rings is 3. The first-order chi connectivity index (χ1) is 15.3. The molecule has 0 aliphatic rings. The molecule has 166 valence electrons. The maximum Gasteiger partial charge on any atom is 0.412 e. The van der Waals surface area contributed by atoms with Gasteiger partial charge in [0.05, 0.1) is 0 Å². The summed E-state index contributed by atoms with van der Waals surface area (Å²) in [5.41, 5.74) is 2.85. The Morgan fingerprint density at radius 1 is 0.812 bits per heavy atom. The van der Waals surface area contributed by atoms with Crippen LogP contribution in [0.5, 0.6) is 0 Å². The molecule has 3 rings (SSSR count). The van der Waals surface area contributed by atoms with Crippen molar-refractivity contribution < 1.29 is 14.3 Å². The molecule has 0 heterocycles. The van der Waals surface area contributed by atoms with Crippen molar-refractivity contribution in [2.75, 3.05) is 11.9 Å². The normalized spacial score (nSPS) is 11.0. The third kappa shape index (κ3) is 7.27. The summed E-state index contributed by atoms with van der Waals surface area (Å²) in [5.74, 6) is -0.0476. The molecular formula is C27H30N2O3. The van der Waals surface area contributed by atoms with Crippen molar-refractivity contribution in [3.8, 4) is 0 Å². The summed E-state index contributed by atoms with van der Waals surface area (Å²) >= 11 is 0. The Bertz CT molecular complexity index is 1010. The second-order valence-electron chi connectivity index (χ2n) is 8.65. The van der Waals surface area contributed by atoms with E-state index in [1.165, 1.54) is 5.56 Å². The standard InChI is InChI=1S/C27H30N2O3/c1-27(2,3)32-26(31)28-24-16-14-23(15-17-24)25(30)29(20-22-12-8-5-9-13-22)19-18-21-10-6-4-7-11-21/h4-17H,18-20H2,1-3H3,(H,28,31). The van der Waals surface area contributed by atoms with Gasteiger partial charge in [-0.15, -0.1) is 0 Å². The average Bonchev–Trinajstić information content (AvgIpc) is 2.77. The number of carbonyl (C=O) groups excluding carboxylic acids is 2. The third-order valence-electron chi connectivity index (χ3n) is 4.79. The minimum atomic E-state index is -0.573. The van der Waals surface area contributed by atoms with E-state index in [1.807, 2.05) is 74.2 Å². The largest absolute Gasteiger partial charge is 0.444 e. The molecule has 1 N–H and O–H groups in total. The number of anilines is 1. The number of hydrogen-bond acceptors (Lipinski definition) is 3. The quantitative estimate of drug-likeness (QED) is 0.506.